The summed E-state index contributed by atoms with van der Waals surface area (Å²) in [7, 11) is 0. The Kier molecular flexibility index (Phi) is 3.21. The van der Waals surface area contributed by atoms with Crippen LogP contribution in [0.25, 0.3) is 0 Å². The fraction of sp³-hybridized carbons (Fsp3) is 0.133. The molecule has 3 nitrogen and oxygen atoms in total. The van der Waals surface area contributed by atoms with Crippen LogP contribution >= 0.6 is 23.2 Å². The van der Waals surface area contributed by atoms with Crippen LogP contribution in [0.5, 0.6) is 0 Å². The monoisotopic (exact) mass is 308 g/mol. The third-order valence-corrected chi connectivity index (χ3v) is 4.05. The molecule has 1 aliphatic heterocycles. The summed E-state index contributed by atoms with van der Waals surface area (Å²) in [5, 5.41) is 10.2. The van der Waals surface area contributed by atoms with Crippen molar-refractivity contribution >= 4 is 29.2 Å². The zero-order valence-corrected chi connectivity index (χ0v) is 11.7. The van der Waals surface area contributed by atoms with Crippen molar-refractivity contribution in [1.29, 1.82) is 0 Å². The number of rotatable bonds is 3. The number of carbonyl (C=O) groups is 1. The smallest absolute Gasteiger partial charge is 0.336 e. The average molecular weight is 309 g/mol. The fourth-order valence-electron chi connectivity index (χ4n) is 2.46. The van der Waals surface area contributed by atoms with Gasteiger partial charge in [0.05, 0.1) is 0 Å². The third kappa shape index (κ3) is 1.90. The molecule has 0 aromatic heterocycles. The molecular weight excluding hydrogens is 299 g/mol. The van der Waals surface area contributed by atoms with Crippen molar-refractivity contribution in [1.82, 2.24) is 0 Å². The maximum Gasteiger partial charge on any atom is 0.336 e. The van der Waals surface area contributed by atoms with Gasteiger partial charge in [0.25, 0.3) is 0 Å². The highest BCUT2D eigenvalue weighted by Crippen LogP contribution is 2.55. The van der Waals surface area contributed by atoms with Gasteiger partial charge in [-0.1, -0.05) is 59.6 Å². The number of epoxide rings is 1. The van der Waals surface area contributed by atoms with Crippen molar-refractivity contribution < 1.29 is 14.6 Å². The first-order valence-corrected chi connectivity index (χ1v) is 6.73. The van der Waals surface area contributed by atoms with E-state index in [1.54, 1.807) is 48.5 Å². The van der Waals surface area contributed by atoms with Gasteiger partial charge in [0.15, 0.2) is 11.7 Å². The summed E-state index contributed by atoms with van der Waals surface area (Å²) in [5.41, 5.74) is 0.118. The molecule has 0 radical (unpaired) electrons. The number of ether oxygens (including phenoxy) is 1. The molecule has 102 valence electrons. The van der Waals surface area contributed by atoms with E-state index in [2.05, 4.69) is 0 Å². The summed E-state index contributed by atoms with van der Waals surface area (Å²) in [4.78, 5) is 11.3. The van der Waals surface area contributed by atoms with Gasteiger partial charge in [-0.05, 0) is 12.1 Å². The van der Waals surface area contributed by atoms with Crippen LogP contribution in [0.4, 0.5) is 0 Å². The minimum atomic E-state index is -1.11. The van der Waals surface area contributed by atoms with Crippen molar-refractivity contribution in [3.05, 3.63) is 69.7 Å². The van der Waals surface area contributed by atoms with E-state index in [4.69, 9.17) is 27.9 Å². The largest absolute Gasteiger partial charge is 0.479 e. The van der Waals surface area contributed by atoms with Crippen molar-refractivity contribution in [3.8, 4) is 0 Å². The van der Waals surface area contributed by atoms with Gasteiger partial charge < -0.3 is 9.84 Å². The van der Waals surface area contributed by atoms with Crippen LogP contribution in [0.15, 0.2) is 48.5 Å². The van der Waals surface area contributed by atoms with Crippen LogP contribution in [-0.2, 0) is 15.1 Å². The van der Waals surface area contributed by atoms with Gasteiger partial charge in [-0.2, -0.15) is 0 Å². The van der Waals surface area contributed by atoms with E-state index in [0.717, 1.165) is 0 Å². The van der Waals surface area contributed by atoms with Gasteiger partial charge in [0.2, 0.25) is 0 Å². The van der Waals surface area contributed by atoms with Gasteiger partial charge >= 0.3 is 5.97 Å². The molecule has 2 aromatic carbocycles. The standard InChI is InChI=1S/C15H10Cl2O3/c16-11-7-3-1-5-9(11)15(13(20-15)14(18)19)10-6-2-4-8-12(10)17/h1-8,13H,(H,18,19)/t13-/m1/s1. The highest BCUT2D eigenvalue weighted by molar-refractivity contribution is 6.32. The number of hydrogen-bond donors (Lipinski definition) is 1. The maximum absolute atomic E-state index is 11.3. The summed E-state index contributed by atoms with van der Waals surface area (Å²) in [5.74, 6) is -1.04. The highest BCUT2D eigenvalue weighted by atomic mass is 35.5. The molecule has 5 heteroatoms. The quantitative estimate of drug-likeness (QED) is 0.879. The van der Waals surface area contributed by atoms with Crippen molar-refractivity contribution in [3.63, 3.8) is 0 Å². The first-order valence-electron chi connectivity index (χ1n) is 5.98. The minimum absolute atomic E-state index is 0.455. The lowest BCUT2D eigenvalue weighted by Crippen LogP contribution is -2.21. The summed E-state index contributed by atoms with van der Waals surface area (Å²) in [6.07, 6.45) is -0.984. The maximum atomic E-state index is 11.3. The molecule has 20 heavy (non-hydrogen) atoms. The molecule has 0 amide bonds. The summed E-state index contributed by atoms with van der Waals surface area (Å²) in [6.45, 7) is 0. The molecule has 1 fully saturated rings. The van der Waals surface area contributed by atoms with Crippen molar-refractivity contribution in [2.75, 3.05) is 0 Å². The molecule has 1 saturated heterocycles. The molecule has 1 heterocycles. The van der Waals surface area contributed by atoms with E-state index in [-0.39, 0.29) is 0 Å². The van der Waals surface area contributed by atoms with E-state index in [1.807, 2.05) is 0 Å². The van der Waals surface area contributed by atoms with Crippen LogP contribution in [0.1, 0.15) is 11.1 Å². The molecule has 3 rings (SSSR count). The van der Waals surface area contributed by atoms with Crippen LogP contribution < -0.4 is 0 Å². The van der Waals surface area contributed by atoms with E-state index < -0.39 is 17.7 Å². The van der Waals surface area contributed by atoms with Crippen LogP contribution in [0, 0.1) is 0 Å². The minimum Gasteiger partial charge on any atom is -0.479 e. The SMILES string of the molecule is O=C(O)[C@H]1OC1(c1ccccc1Cl)c1ccccc1Cl. The molecule has 0 spiro atoms. The first kappa shape index (κ1) is 13.4. The summed E-state index contributed by atoms with van der Waals surface area (Å²) >= 11 is 12.4. The predicted octanol–water partition coefficient (Wildman–Crippen LogP) is 3.72. The fourth-order valence-corrected chi connectivity index (χ4v) is 3.01. The second kappa shape index (κ2) is 4.77. The lowest BCUT2D eigenvalue weighted by atomic mass is 9.87. The number of carboxylic acids is 1. The molecule has 1 N–H and O–H groups in total. The Morgan fingerprint density at radius 2 is 1.45 bits per heavy atom. The molecule has 0 bridgehead atoms. The number of halogens is 2. The van der Waals surface area contributed by atoms with Crippen molar-refractivity contribution in [2.45, 2.75) is 11.7 Å². The predicted molar refractivity (Wildman–Crippen MR) is 76.2 cm³/mol. The third-order valence-electron chi connectivity index (χ3n) is 3.39. The second-order valence-electron chi connectivity index (χ2n) is 4.53. The molecule has 0 aliphatic carbocycles. The molecule has 0 unspecified atom stereocenters. The summed E-state index contributed by atoms with van der Waals surface area (Å²) in [6, 6.07) is 14.1. The van der Waals surface area contributed by atoms with Crippen molar-refractivity contribution in [2.24, 2.45) is 0 Å². The van der Waals surface area contributed by atoms with Gasteiger partial charge in [-0.15, -0.1) is 0 Å². The Balaban J connectivity index is 2.21. The second-order valence-corrected chi connectivity index (χ2v) is 5.35. The van der Waals surface area contributed by atoms with Crippen LogP contribution in [0.2, 0.25) is 10.0 Å². The molecule has 0 saturated carbocycles. The molecule has 1 atom stereocenters. The van der Waals surface area contributed by atoms with E-state index >= 15 is 0 Å². The van der Waals surface area contributed by atoms with Gasteiger partial charge in [0, 0.05) is 21.2 Å². The van der Waals surface area contributed by atoms with Gasteiger partial charge in [-0.3, -0.25) is 0 Å². The molecular formula is C15H10Cl2O3. The lowest BCUT2D eigenvalue weighted by Gasteiger charge is -2.16. The molecule has 2 aromatic rings. The highest BCUT2D eigenvalue weighted by Gasteiger charge is 2.65. The average Bonchev–Trinajstić information content (AvgIpc) is 3.16. The zero-order valence-electron chi connectivity index (χ0n) is 10.2. The van der Waals surface area contributed by atoms with Crippen LogP contribution in [-0.4, -0.2) is 17.2 Å². The Hall–Kier alpha value is -1.55. The van der Waals surface area contributed by atoms with Gasteiger partial charge in [0.1, 0.15) is 0 Å². The number of benzene rings is 2. The van der Waals surface area contributed by atoms with Gasteiger partial charge in [-0.25, -0.2) is 4.79 Å². The Morgan fingerprint density at radius 3 is 1.80 bits per heavy atom. The Morgan fingerprint density at radius 1 is 1.00 bits per heavy atom. The number of aliphatic carboxylic acids is 1. The molecule has 1 aliphatic rings. The lowest BCUT2D eigenvalue weighted by molar-refractivity contribution is -0.138. The van der Waals surface area contributed by atoms with E-state index in [0.29, 0.717) is 21.2 Å². The number of hydrogen-bond acceptors (Lipinski definition) is 2. The normalized spacial score (nSPS) is 19.6. The van der Waals surface area contributed by atoms with E-state index in [1.165, 1.54) is 0 Å². The number of carboxylic acid groups (broad SMARTS) is 1. The summed E-state index contributed by atoms with van der Waals surface area (Å²) < 4.78 is 5.53. The Bertz CT molecular complexity index is 639. The van der Waals surface area contributed by atoms with Crippen LogP contribution in [0.3, 0.4) is 0 Å². The topological polar surface area (TPSA) is 49.8 Å². The van der Waals surface area contributed by atoms with E-state index in [9.17, 15) is 9.90 Å². The zero-order chi connectivity index (χ0) is 14.3. The Labute approximate surface area is 125 Å². The first-order chi connectivity index (χ1) is 9.57.